The molecule has 0 spiro atoms. The molecular weight excluding hydrogens is 364 g/mol. The summed E-state index contributed by atoms with van der Waals surface area (Å²) in [5.41, 5.74) is 7.70. The first kappa shape index (κ1) is 18.6. The van der Waals surface area contributed by atoms with E-state index in [-0.39, 0.29) is 18.0 Å². The standard InChI is InChI=1S/C20H25ClN4O2/c1-27-10-4-9-25-12-16-15(20(16,21)19(25)22)11-24-18(26)14-7-2-5-13-6-3-8-23-17(13)14/h2-3,5-8,15-16,19H,4,9-12,22H2,1H3,(H,24,26). The van der Waals surface area contributed by atoms with E-state index in [1.165, 1.54) is 0 Å². The van der Waals surface area contributed by atoms with E-state index < -0.39 is 4.87 Å². The second-order valence-electron chi connectivity index (χ2n) is 7.42. The molecule has 2 fully saturated rings. The zero-order chi connectivity index (χ0) is 19.0. The van der Waals surface area contributed by atoms with Gasteiger partial charge in [0.15, 0.2) is 0 Å². The van der Waals surface area contributed by atoms with Crippen molar-refractivity contribution in [3.8, 4) is 0 Å². The number of amides is 1. The lowest BCUT2D eigenvalue weighted by Crippen LogP contribution is -2.48. The third-order valence-electron chi connectivity index (χ3n) is 5.94. The van der Waals surface area contributed by atoms with Gasteiger partial charge in [0.05, 0.1) is 22.1 Å². The van der Waals surface area contributed by atoms with Gasteiger partial charge in [-0.3, -0.25) is 14.7 Å². The first-order valence-corrected chi connectivity index (χ1v) is 9.74. The molecule has 1 aliphatic heterocycles. The first-order valence-electron chi connectivity index (χ1n) is 9.36. The number of nitrogens with one attached hydrogen (secondary N) is 1. The van der Waals surface area contributed by atoms with Gasteiger partial charge in [0.25, 0.3) is 5.91 Å². The monoisotopic (exact) mass is 388 g/mol. The predicted molar refractivity (Wildman–Crippen MR) is 106 cm³/mol. The number of methoxy groups -OCH3 is 1. The Bertz CT molecular complexity index is 842. The van der Waals surface area contributed by atoms with Crippen LogP contribution in [0.15, 0.2) is 36.5 Å². The second kappa shape index (κ2) is 7.36. The Balaban J connectivity index is 1.36. The average Bonchev–Trinajstić information content (AvgIpc) is 3.17. The Hall–Kier alpha value is -1.73. The Labute approximate surface area is 164 Å². The lowest BCUT2D eigenvalue weighted by Gasteiger charge is -2.28. The molecule has 1 saturated heterocycles. The number of halogens is 1. The molecule has 2 aliphatic rings. The molecule has 0 bridgehead atoms. The molecule has 1 saturated carbocycles. The molecular formula is C20H25ClN4O2. The molecule has 1 aromatic heterocycles. The van der Waals surface area contributed by atoms with E-state index in [0.717, 1.165) is 37.0 Å². The fourth-order valence-corrected chi connectivity index (χ4v) is 4.93. The van der Waals surface area contributed by atoms with E-state index in [9.17, 15) is 4.79 Å². The molecule has 1 amide bonds. The second-order valence-corrected chi connectivity index (χ2v) is 8.07. The Morgan fingerprint density at radius 1 is 1.44 bits per heavy atom. The van der Waals surface area contributed by atoms with Gasteiger partial charge in [-0.05, 0) is 18.6 Å². The van der Waals surface area contributed by atoms with Crippen molar-refractivity contribution in [1.82, 2.24) is 15.2 Å². The molecule has 2 aromatic rings. The number of fused-ring (bicyclic) bond motifs is 2. The number of piperidine rings is 1. The summed E-state index contributed by atoms with van der Waals surface area (Å²) in [6.07, 6.45) is 2.47. The number of carbonyl (C=O) groups excluding carboxylic acids is 1. The summed E-state index contributed by atoms with van der Waals surface area (Å²) in [5, 5.41) is 3.99. The van der Waals surface area contributed by atoms with E-state index in [1.807, 2.05) is 24.3 Å². The van der Waals surface area contributed by atoms with Crippen LogP contribution in [0.2, 0.25) is 0 Å². The highest BCUT2D eigenvalue weighted by Crippen LogP contribution is 2.62. The molecule has 6 nitrogen and oxygen atoms in total. The van der Waals surface area contributed by atoms with Crippen molar-refractivity contribution in [1.29, 1.82) is 0 Å². The Morgan fingerprint density at radius 2 is 2.26 bits per heavy atom. The van der Waals surface area contributed by atoms with Crippen LogP contribution in [0.1, 0.15) is 16.8 Å². The number of hydrogen-bond donors (Lipinski definition) is 2. The molecule has 1 aromatic carbocycles. The van der Waals surface area contributed by atoms with E-state index in [2.05, 4.69) is 15.2 Å². The number of alkyl halides is 1. The van der Waals surface area contributed by atoms with Crippen molar-refractivity contribution in [2.45, 2.75) is 17.5 Å². The molecule has 3 N–H and O–H groups in total. The molecule has 27 heavy (non-hydrogen) atoms. The van der Waals surface area contributed by atoms with Crippen molar-refractivity contribution >= 4 is 28.4 Å². The van der Waals surface area contributed by atoms with Crippen molar-refractivity contribution in [3.05, 3.63) is 42.1 Å². The van der Waals surface area contributed by atoms with Crippen LogP contribution in [0, 0.1) is 11.8 Å². The minimum atomic E-state index is -0.433. The molecule has 4 atom stereocenters. The van der Waals surface area contributed by atoms with Crippen molar-refractivity contribution in [2.75, 3.05) is 33.4 Å². The Morgan fingerprint density at radius 3 is 3.00 bits per heavy atom. The van der Waals surface area contributed by atoms with Gasteiger partial charge in [-0.2, -0.15) is 0 Å². The van der Waals surface area contributed by atoms with E-state index in [0.29, 0.717) is 18.0 Å². The Kier molecular flexibility index (Phi) is 5.07. The summed E-state index contributed by atoms with van der Waals surface area (Å²) in [6, 6.07) is 9.46. The maximum absolute atomic E-state index is 12.7. The van der Waals surface area contributed by atoms with E-state index >= 15 is 0 Å². The normalized spacial score (nSPS) is 29.7. The van der Waals surface area contributed by atoms with Gasteiger partial charge >= 0.3 is 0 Å². The highest BCUT2D eigenvalue weighted by atomic mass is 35.5. The highest BCUT2D eigenvalue weighted by molar-refractivity contribution is 6.27. The lowest BCUT2D eigenvalue weighted by molar-refractivity contribution is 0.0948. The summed E-state index contributed by atoms with van der Waals surface area (Å²) >= 11 is 6.83. The van der Waals surface area contributed by atoms with Crippen LogP contribution >= 0.6 is 11.6 Å². The number of likely N-dealkylation sites (tertiary alicyclic amines) is 1. The summed E-state index contributed by atoms with van der Waals surface area (Å²) in [5.74, 6) is 0.414. The molecule has 144 valence electrons. The number of pyridine rings is 1. The van der Waals surface area contributed by atoms with Gasteiger partial charge in [0.2, 0.25) is 0 Å². The molecule has 4 unspecified atom stereocenters. The van der Waals surface area contributed by atoms with Crippen molar-refractivity contribution < 1.29 is 9.53 Å². The maximum Gasteiger partial charge on any atom is 0.253 e. The summed E-state index contributed by atoms with van der Waals surface area (Å²) in [4.78, 5) is 18.8. The van der Waals surface area contributed by atoms with Gasteiger partial charge in [0.1, 0.15) is 0 Å². The number of aromatic nitrogens is 1. The fraction of sp³-hybridized carbons (Fsp3) is 0.500. The van der Waals surface area contributed by atoms with Crippen molar-refractivity contribution in [2.24, 2.45) is 17.6 Å². The number of nitrogens with zero attached hydrogens (tertiary/aromatic N) is 2. The minimum Gasteiger partial charge on any atom is -0.385 e. The average molecular weight is 389 g/mol. The zero-order valence-corrected chi connectivity index (χ0v) is 16.2. The largest absolute Gasteiger partial charge is 0.385 e. The van der Waals surface area contributed by atoms with Gasteiger partial charge in [0, 0.05) is 56.8 Å². The van der Waals surface area contributed by atoms with Crippen LogP contribution in [0.3, 0.4) is 0 Å². The van der Waals surface area contributed by atoms with Gasteiger partial charge < -0.3 is 15.8 Å². The number of nitrogens with two attached hydrogens (primary N) is 1. The zero-order valence-electron chi connectivity index (χ0n) is 15.4. The van der Waals surface area contributed by atoms with Crippen LogP contribution in [-0.2, 0) is 4.74 Å². The molecule has 4 rings (SSSR count). The van der Waals surface area contributed by atoms with Crippen LogP contribution in [0.5, 0.6) is 0 Å². The third kappa shape index (κ3) is 3.21. The molecule has 1 aliphatic carbocycles. The fourth-order valence-electron chi connectivity index (χ4n) is 4.40. The topological polar surface area (TPSA) is 80.5 Å². The van der Waals surface area contributed by atoms with Crippen LogP contribution in [-0.4, -0.2) is 60.2 Å². The molecule has 0 radical (unpaired) electrons. The number of para-hydroxylation sites is 1. The first-order chi connectivity index (χ1) is 13.1. The smallest absolute Gasteiger partial charge is 0.253 e. The van der Waals surface area contributed by atoms with E-state index in [4.69, 9.17) is 22.1 Å². The molecule has 2 heterocycles. The summed E-state index contributed by atoms with van der Waals surface area (Å²) < 4.78 is 5.11. The summed E-state index contributed by atoms with van der Waals surface area (Å²) in [6.45, 7) is 3.03. The number of carbonyl (C=O) groups is 1. The van der Waals surface area contributed by atoms with Crippen LogP contribution in [0.4, 0.5) is 0 Å². The minimum absolute atomic E-state index is 0.116. The quantitative estimate of drug-likeness (QED) is 0.558. The predicted octanol–water partition coefficient (Wildman–Crippen LogP) is 1.83. The van der Waals surface area contributed by atoms with Crippen LogP contribution < -0.4 is 11.1 Å². The van der Waals surface area contributed by atoms with Gasteiger partial charge in [-0.25, -0.2) is 0 Å². The number of benzene rings is 1. The van der Waals surface area contributed by atoms with Crippen LogP contribution in [0.25, 0.3) is 10.9 Å². The third-order valence-corrected chi connectivity index (χ3v) is 6.73. The number of rotatable bonds is 7. The molecule has 7 heteroatoms. The van der Waals surface area contributed by atoms with Gasteiger partial charge in [-0.1, -0.05) is 18.2 Å². The summed E-state index contributed by atoms with van der Waals surface area (Å²) in [7, 11) is 1.70. The highest BCUT2D eigenvalue weighted by Gasteiger charge is 2.72. The SMILES string of the molecule is COCCCN1CC2C(CNC(=O)c3cccc4cccnc34)C2(Cl)C1N. The maximum atomic E-state index is 12.7. The van der Waals surface area contributed by atoms with E-state index in [1.54, 1.807) is 19.4 Å². The number of ether oxygens (including phenoxy) is 1. The lowest BCUT2D eigenvalue weighted by atomic mass is 10.1. The van der Waals surface area contributed by atoms with Crippen molar-refractivity contribution in [3.63, 3.8) is 0 Å². The van der Waals surface area contributed by atoms with Gasteiger partial charge in [-0.15, -0.1) is 11.6 Å². The number of hydrogen-bond acceptors (Lipinski definition) is 5.